The molecule has 1 aliphatic carbocycles. The third kappa shape index (κ3) is 5.55. The van der Waals surface area contributed by atoms with Gasteiger partial charge < -0.3 is 15.4 Å². The first-order chi connectivity index (χ1) is 16.0. The quantitative estimate of drug-likeness (QED) is 0.494. The second kappa shape index (κ2) is 10.5. The van der Waals surface area contributed by atoms with Crippen molar-refractivity contribution in [3.05, 3.63) is 35.8 Å². The largest absolute Gasteiger partial charge is 0.487 e. The van der Waals surface area contributed by atoms with Crippen molar-refractivity contribution in [2.24, 2.45) is 7.05 Å². The van der Waals surface area contributed by atoms with E-state index in [9.17, 15) is 4.39 Å². The fraction of sp³-hybridized carbons (Fsp3) is 0.522. The number of rotatable bonds is 9. The van der Waals surface area contributed by atoms with Crippen LogP contribution in [0.4, 0.5) is 16.2 Å². The molecule has 0 aromatic carbocycles. The second-order valence-electron chi connectivity index (χ2n) is 8.32. The van der Waals surface area contributed by atoms with E-state index in [4.69, 9.17) is 4.74 Å². The molecule has 1 fully saturated rings. The van der Waals surface area contributed by atoms with Crippen LogP contribution in [0.25, 0.3) is 11.4 Å². The number of nitrogens with zero attached hydrogens (tertiary/aromatic N) is 6. The van der Waals surface area contributed by atoms with Crippen LogP contribution in [0.5, 0.6) is 5.75 Å². The Hall–Kier alpha value is -3.30. The van der Waals surface area contributed by atoms with Crippen molar-refractivity contribution >= 4 is 11.8 Å². The minimum Gasteiger partial charge on any atom is -0.487 e. The molecular formula is C23H31FN8O. The predicted molar refractivity (Wildman–Crippen MR) is 125 cm³/mol. The van der Waals surface area contributed by atoms with Gasteiger partial charge in [0, 0.05) is 13.6 Å². The molecule has 3 aromatic heterocycles. The number of aryl methyl sites for hydroxylation is 2. The lowest BCUT2D eigenvalue weighted by molar-refractivity contribution is 0.152. The number of aromatic nitrogens is 6. The molecule has 3 aromatic rings. The van der Waals surface area contributed by atoms with Gasteiger partial charge in [0.15, 0.2) is 23.2 Å². The molecule has 10 heteroatoms. The van der Waals surface area contributed by atoms with Crippen LogP contribution in [0.15, 0.2) is 18.6 Å². The van der Waals surface area contributed by atoms with Crippen LogP contribution in [-0.2, 0) is 13.6 Å². The van der Waals surface area contributed by atoms with Gasteiger partial charge in [-0.3, -0.25) is 4.68 Å². The fourth-order valence-electron chi connectivity index (χ4n) is 3.91. The molecule has 1 saturated carbocycles. The molecule has 0 saturated heterocycles. The van der Waals surface area contributed by atoms with Gasteiger partial charge in [-0.1, -0.05) is 13.3 Å². The lowest BCUT2D eigenvalue weighted by Gasteiger charge is -2.23. The molecule has 2 N–H and O–H groups in total. The van der Waals surface area contributed by atoms with Crippen LogP contribution in [-0.4, -0.2) is 42.4 Å². The molecule has 4 rings (SSSR count). The summed E-state index contributed by atoms with van der Waals surface area (Å²) >= 11 is 0. The average molecular weight is 455 g/mol. The maximum Gasteiger partial charge on any atom is 0.225 e. The number of ether oxygens (including phenoxy) is 1. The van der Waals surface area contributed by atoms with Crippen molar-refractivity contribution in [2.75, 3.05) is 17.2 Å². The van der Waals surface area contributed by atoms with Gasteiger partial charge in [-0.05, 0) is 39.0 Å². The van der Waals surface area contributed by atoms with Gasteiger partial charge in [0.05, 0.1) is 48.2 Å². The molecule has 3 heterocycles. The van der Waals surface area contributed by atoms with E-state index in [-0.39, 0.29) is 11.9 Å². The van der Waals surface area contributed by atoms with Crippen molar-refractivity contribution in [1.29, 1.82) is 0 Å². The van der Waals surface area contributed by atoms with Crippen molar-refractivity contribution in [3.63, 3.8) is 0 Å². The molecule has 0 unspecified atom stereocenters. The van der Waals surface area contributed by atoms with Gasteiger partial charge in [-0.25, -0.2) is 19.3 Å². The molecule has 176 valence electrons. The van der Waals surface area contributed by atoms with Gasteiger partial charge in [-0.2, -0.15) is 10.1 Å². The third-order valence-electron chi connectivity index (χ3n) is 5.78. The van der Waals surface area contributed by atoms with Crippen LogP contribution < -0.4 is 15.4 Å². The first-order valence-electron chi connectivity index (χ1n) is 11.6. The Bertz CT molecular complexity index is 1080. The van der Waals surface area contributed by atoms with Gasteiger partial charge in [0.2, 0.25) is 5.95 Å². The van der Waals surface area contributed by atoms with Gasteiger partial charge >= 0.3 is 0 Å². The van der Waals surface area contributed by atoms with Crippen molar-refractivity contribution < 1.29 is 9.13 Å². The highest BCUT2D eigenvalue weighted by molar-refractivity contribution is 5.58. The number of anilines is 2. The fourth-order valence-corrected chi connectivity index (χ4v) is 3.91. The first kappa shape index (κ1) is 22.9. The summed E-state index contributed by atoms with van der Waals surface area (Å²) in [7, 11) is 1.85. The molecule has 0 aliphatic heterocycles. The minimum absolute atomic E-state index is 0.187. The highest BCUT2D eigenvalue weighted by atomic mass is 19.1. The maximum absolute atomic E-state index is 13.9. The number of hydrogen-bond acceptors (Lipinski definition) is 8. The Labute approximate surface area is 193 Å². The lowest BCUT2D eigenvalue weighted by Crippen LogP contribution is -2.20. The highest BCUT2D eigenvalue weighted by Crippen LogP contribution is 2.27. The normalized spacial score (nSPS) is 14.3. The van der Waals surface area contributed by atoms with Gasteiger partial charge in [-0.15, -0.1) is 0 Å². The highest BCUT2D eigenvalue weighted by Gasteiger charge is 2.19. The van der Waals surface area contributed by atoms with E-state index in [1.54, 1.807) is 17.1 Å². The van der Waals surface area contributed by atoms with Crippen molar-refractivity contribution in [2.45, 2.75) is 65.0 Å². The molecular weight excluding hydrogens is 423 g/mol. The van der Waals surface area contributed by atoms with E-state index < -0.39 is 5.82 Å². The number of halogens is 1. The van der Waals surface area contributed by atoms with E-state index in [1.807, 2.05) is 20.9 Å². The summed E-state index contributed by atoms with van der Waals surface area (Å²) in [5.74, 6) is 1.36. The van der Waals surface area contributed by atoms with Crippen LogP contribution in [0.2, 0.25) is 0 Å². The van der Waals surface area contributed by atoms with E-state index in [0.29, 0.717) is 24.9 Å². The number of hydrogen-bond donors (Lipinski definition) is 2. The molecule has 0 bridgehead atoms. The maximum atomic E-state index is 13.9. The summed E-state index contributed by atoms with van der Waals surface area (Å²) in [6, 6.07) is 0. The van der Waals surface area contributed by atoms with Crippen LogP contribution in [0.3, 0.4) is 0 Å². The van der Waals surface area contributed by atoms with Gasteiger partial charge in [0.25, 0.3) is 0 Å². The zero-order chi connectivity index (χ0) is 23.2. The van der Waals surface area contributed by atoms with E-state index in [0.717, 1.165) is 48.2 Å². The molecule has 9 nitrogen and oxygen atoms in total. The van der Waals surface area contributed by atoms with Crippen molar-refractivity contribution in [3.8, 4) is 17.1 Å². The Morgan fingerprint density at radius 2 is 1.91 bits per heavy atom. The Morgan fingerprint density at radius 1 is 1.09 bits per heavy atom. The topological polar surface area (TPSA) is 103 Å². The van der Waals surface area contributed by atoms with Crippen LogP contribution >= 0.6 is 0 Å². The SMILES string of the molecule is CCCNc1nc(NCc2c(-c3ncc(OC4CCCCC4)c(C)n3)cnn2C)ncc1F. The average Bonchev–Trinajstić information content (AvgIpc) is 3.20. The van der Waals surface area contributed by atoms with E-state index >= 15 is 0 Å². The summed E-state index contributed by atoms with van der Waals surface area (Å²) < 4.78 is 21.8. The summed E-state index contributed by atoms with van der Waals surface area (Å²) in [6.45, 7) is 4.96. The van der Waals surface area contributed by atoms with E-state index in [2.05, 4.69) is 35.7 Å². The molecule has 0 spiro atoms. The first-order valence-corrected chi connectivity index (χ1v) is 11.6. The molecule has 0 atom stereocenters. The zero-order valence-electron chi connectivity index (χ0n) is 19.4. The minimum atomic E-state index is -0.477. The summed E-state index contributed by atoms with van der Waals surface area (Å²) in [5.41, 5.74) is 2.48. The van der Waals surface area contributed by atoms with Gasteiger partial charge in [0.1, 0.15) is 0 Å². The second-order valence-corrected chi connectivity index (χ2v) is 8.32. The molecule has 0 amide bonds. The Balaban J connectivity index is 1.48. The summed E-state index contributed by atoms with van der Waals surface area (Å²) in [6.07, 6.45) is 11.7. The zero-order valence-corrected chi connectivity index (χ0v) is 19.4. The van der Waals surface area contributed by atoms with E-state index in [1.165, 1.54) is 19.3 Å². The summed E-state index contributed by atoms with van der Waals surface area (Å²) in [4.78, 5) is 17.5. The molecule has 1 aliphatic rings. The third-order valence-corrected chi connectivity index (χ3v) is 5.78. The van der Waals surface area contributed by atoms with Crippen LogP contribution in [0.1, 0.15) is 56.8 Å². The monoisotopic (exact) mass is 454 g/mol. The molecule has 33 heavy (non-hydrogen) atoms. The predicted octanol–water partition coefficient (Wildman–Crippen LogP) is 4.26. The summed E-state index contributed by atoms with van der Waals surface area (Å²) in [5, 5.41) is 10.5. The van der Waals surface area contributed by atoms with Crippen molar-refractivity contribution in [1.82, 2.24) is 29.7 Å². The lowest BCUT2D eigenvalue weighted by atomic mass is 9.98. The standard InChI is InChI=1S/C23H31FN8O/c1-4-10-25-22-18(24)12-27-23(31-22)28-13-19-17(11-29-32(19)3)21-26-14-20(15(2)30-21)33-16-8-6-5-7-9-16/h11-12,14,16H,4-10,13H2,1-3H3,(H2,25,27,28,31). The Kier molecular flexibility index (Phi) is 7.31. The molecule has 0 radical (unpaired) electrons. The Morgan fingerprint density at radius 3 is 2.67 bits per heavy atom. The number of nitrogens with one attached hydrogen (secondary N) is 2. The van der Waals surface area contributed by atoms with Crippen LogP contribution in [0, 0.1) is 12.7 Å². The smallest absolute Gasteiger partial charge is 0.225 e.